The summed E-state index contributed by atoms with van der Waals surface area (Å²) in [7, 11) is 0. The second-order valence-corrected chi connectivity index (χ2v) is 5.83. The molecule has 2 aromatic carbocycles. The molecule has 0 radical (unpaired) electrons. The molecule has 0 aliphatic carbocycles. The Morgan fingerprint density at radius 3 is 2.36 bits per heavy atom. The first kappa shape index (κ1) is 14.8. The first-order chi connectivity index (χ1) is 10.8. The summed E-state index contributed by atoms with van der Waals surface area (Å²) in [6.45, 7) is 1.37. The van der Waals surface area contributed by atoms with Gasteiger partial charge in [-0.3, -0.25) is 4.79 Å². The smallest absolute Gasteiger partial charge is 0.254 e. The molecule has 3 nitrogen and oxygen atoms in total. The average molecular weight is 294 g/mol. The fourth-order valence-electron chi connectivity index (χ4n) is 3.11. The molecule has 3 rings (SSSR count). The Kier molecular flexibility index (Phi) is 4.54. The van der Waals surface area contributed by atoms with Gasteiger partial charge in [-0.25, -0.2) is 0 Å². The Morgan fingerprint density at radius 2 is 1.68 bits per heavy atom. The summed E-state index contributed by atoms with van der Waals surface area (Å²) in [6, 6.07) is 18.3. The molecule has 1 heterocycles. The number of hydrogen-bond acceptors (Lipinski definition) is 2. The summed E-state index contributed by atoms with van der Waals surface area (Å²) in [5.74, 6) is 0.106. The van der Waals surface area contributed by atoms with Gasteiger partial charge in [0.05, 0.1) is 0 Å². The van der Waals surface area contributed by atoms with Gasteiger partial charge in [-0.05, 0) is 42.5 Å². The van der Waals surface area contributed by atoms with Crippen molar-refractivity contribution in [2.75, 3.05) is 13.1 Å². The molecule has 114 valence electrons. The molecule has 1 fully saturated rings. The van der Waals surface area contributed by atoms with Crippen LogP contribution in [0.15, 0.2) is 54.6 Å². The molecule has 0 saturated carbocycles. The van der Waals surface area contributed by atoms with E-state index in [4.69, 9.17) is 5.73 Å². The van der Waals surface area contributed by atoms with Crippen LogP contribution in [0.3, 0.4) is 0 Å². The molecule has 0 bridgehead atoms. The molecule has 1 saturated heterocycles. The van der Waals surface area contributed by atoms with Gasteiger partial charge >= 0.3 is 0 Å². The highest BCUT2D eigenvalue weighted by molar-refractivity contribution is 5.95. The fourth-order valence-corrected chi connectivity index (χ4v) is 3.11. The van der Waals surface area contributed by atoms with E-state index in [2.05, 4.69) is 12.1 Å². The second kappa shape index (κ2) is 6.75. The molecule has 2 aromatic rings. The topological polar surface area (TPSA) is 46.3 Å². The molecule has 0 aromatic heterocycles. The van der Waals surface area contributed by atoms with E-state index in [1.807, 2.05) is 47.4 Å². The molecule has 22 heavy (non-hydrogen) atoms. The summed E-state index contributed by atoms with van der Waals surface area (Å²) in [6.07, 6.45) is 3.26. The zero-order valence-corrected chi connectivity index (χ0v) is 12.7. The maximum absolute atomic E-state index is 12.7. The highest BCUT2D eigenvalue weighted by Gasteiger charge is 2.26. The zero-order chi connectivity index (χ0) is 15.4. The van der Waals surface area contributed by atoms with Crippen LogP contribution in [0.4, 0.5) is 0 Å². The van der Waals surface area contributed by atoms with Crippen molar-refractivity contribution in [2.45, 2.75) is 25.3 Å². The van der Waals surface area contributed by atoms with Crippen LogP contribution < -0.4 is 5.73 Å². The van der Waals surface area contributed by atoms with Crippen LogP contribution in [0.5, 0.6) is 0 Å². The van der Waals surface area contributed by atoms with E-state index in [-0.39, 0.29) is 11.9 Å². The van der Waals surface area contributed by atoms with Crippen molar-refractivity contribution < 1.29 is 4.79 Å². The minimum Gasteiger partial charge on any atom is -0.334 e. The van der Waals surface area contributed by atoms with Gasteiger partial charge in [0.2, 0.25) is 0 Å². The summed E-state index contributed by atoms with van der Waals surface area (Å²) in [5, 5.41) is 0. The molecule has 1 atom stereocenters. The van der Waals surface area contributed by atoms with E-state index in [0.29, 0.717) is 6.54 Å². The number of likely N-dealkylation sites (tertiary alicyclic amines) is 1. The quantitative estimate of drug-likeness (QED) is 0.944. The maximum Gasteiger partial charge on any atom is 0.254 e. The molecule has 1 unspecified atom stereocenters. The van der Waals surface area contributed by atoms with E-state index >= 15 is 0 Å². The van der Waals surface area contributed by atoms with Crippen molar-refractivity contribution in [3.63, 3.8) is 0 Å². The lowest BCUT2D eigenvalue weighted by molar-refractivity contribution is 0.0623. The zero-order valence-electron chi connectivity index (χ0n) is 12.7. The van der Waals surface area contributed by atoms with Crippen LogP contribution in [0.1, 0.15) is 29.6 Å². The van der Waals surface area contributed by atoms with Gasteiger partial charge in [-0.2, -0.15) is 0 Å². The Hall–Kier alpha value is -2.13. The molecule has 1 amide bonds. The van der Waals surface area contributed by atoms with Gasteiger partial charge in [0, 0.05) is 24.7 Å². The number of benzene rings is 2. The lowest BCUT2D eigenvalue weighted by Gasteiger charge is -2.35. The monoisotopic (exact) mass is 294 g/mol. The molecule has 3 heteroatoms. The minimum atomic E-state index is 0.106. The normalized spacial score (nSPS) is 18.2. The standard InChI is InChI=1S/C19H22N2O/c20-14-18-8-4-5-13-21(18)19(22)17-11-9-16(10-12-17)15-6-2-1-3-7-15/h1-3,6-7,9-12,18H,4-5,8,13-14,20H2. The van der Waals surface area contributed by atoms with Gasteiger partial charge in [0.1, 0.15) is 0 Å². The molecular formula is C19H22N2O. The van der Waals surface area contributed by atoms with Crippen molar-refractivity contribution in [1.82, 2.24) is 4.90 Å². The van der Waals surface area contributed by atoms with Gasteiger partial charge in [0.25, 0.3) is 5.91 Å². The minimum absolute atomic E-state index is 0.106. The van der Waals surface area contributed by atoms with Crippen LogP contribution in [0.25, 0.3) is 11.1 Å². The predicted octanol–water partition coefficient (Wildman–Crippen LogP) is 3.31. The first-order valence-electron chi connectivity index (χ1n) is 7.96. The predicted molar refractivity (Wildman–Crippen MR) is 89.6 cm³/mol. The number of carbonyl (C=O) groups excluding carboxylic acids is 1. The van der Waals surface area contributed by atoms with E-state index in [1.165, 1.54) is 12.0 Å². The summed E-state index contributed by atoms with van der Waals surface area (Å²) in [4.78, 5) is 14.6. The average Bonchev–Trinajstić information content (AvgIpc) is 2.62. The highest BCUT2D eigenvalue weighted by atomic mass is 16.2. The number of rotatable bonds is 3. The first-order valence-corrected chi connectivity index (χ1v) is 7.96. The molecule has 1 aliphatic heterocycles. The van der Waals surface area contributed by atoms with Gasteiger partial charge in [0.15, 0.2) is 0 Å². The Bertz CT molecular complexity index is 622. The van der Waals surface area contributed by atoms with Crippen LogP contribution in [0.2, 0.25) is 0 Å². The SMILES string of the molecule is NCC1CCCCN1C(=O)c1ccc(-c2ccccc2)cc1. The Balaban J connectivity index is 1.79. The molecule has 1 aliphatic rings. The van der Waals surface area contributed by atoms with Gasteiger partial charge in [-0.15, -0.1) is 0 Å². The van der Waals surface area contributed by atoms with Crippen molar-refractivity contribution in [3.05, 3.63) is 60.2 Å². The van der Waals surface area contributed by atoms with Gasteiger partial charge < -0.3 is 10.6 Å². The largest absolute Gasteiger partial charge is 0.334 e. The Labute approximate surface area is 131 Å². The van der Waals surface area contributed by atoms with Crippen molar-refractivity contribution >= 4 is 5.91 Å². The molecule has 0 spiro atoms. The van der Waals surface area contributed by atoms with Gasteiger partial charge in [-0.1, -0.05) is 42.5 Å². The molecular weight excluding hydrogens is 272 g/mol. The third-order valence-electron chi connectivity index (χ3n) is 4.40. The number of nitrogens with zero attached hydrogens (tertiary/aromatic N) is 1. The number of hydrogen-bond donors (Lipinski definition) is 1. The van der Waals surface area contributed by atoms with E-state index in [9.17, 15) is 4.79 Å². The maximum atomic E-state index is 12.7. The fraction of sp³-hybridized carbons (Fsp3) is 0.316. The summed E-state index contributed by atoms with van der Waals surface area (Å²) in [5.41, 5.74) is 8.86. The van der Waals surface area contributed by atoms with Crippen LogP contribution >= 0.6 is 0 Å². The van der Waals surface area contributed by atoms with Crippen molar-refractivity contribution in [3.8, 4) is 11.1 Å². The number of amides is 1. The summed E-state index contributed by atoms with van der Waals surface area (Å²) < 4.78 is 0. The van der Waals surface area contributed by atoms with E-state index in [1.54, 1.807) is 0 Å². The highest BCUT2D eigenvalue weighted by Crippen LogP contribution is 2.22. The number of carbonyl (C=O) groups is 1. The van der Waals surface area contributed by atoms with Crippen LogP contribution in [-0.2, 0) is 0 Å². The van der Waals surface area contributed by atoms with Crippen molar-refractivity contribution in [1.29, 1.82) is 0 Å². The molecule has 2 N–H and O–H groups in total. The number of nitrogens with two attached hydrogens (primary N) is 1. The lowest BCUT2D eigenvalue weighted by Crippen LogP contribution is -2.47. The second-order valence-electron chi connectivity index (χ2n) is 5.83. The Morgan fingerprint density at radius 1 is 1.00 bits per heavy atom. The third kappa shape index (κ3) is 3.04. The summed E-state index contributed by atoms with van der Waals surface area (Å²) >= 11 is 0. The van der Waals surface area contributed by atoms with Crippen molar-refractivity contribution in [2.24, 2.45) is 5.73 Å². The third-order valence-corrected chi connectivity index (χ3v) is 4.40. The number of piperidine rings is 1. The lowest BCUT2D eigenvalue weighted by atomic mass is 9.99. The van der Waals surface area contributed by atoms with Crippen LogP contribution in [-0.4, -0.2) is 29.9 Å². The van der Waals surface area contributed by atoms with E-state index in [0.717, 1.165) is 30.5 Å². The van der Waals surface area contributed by atoms with Crippen LogP contribution in [0, 0.1) is 0 Å². The van der Waals surface area contributed by atoms with E-state index < -0.39 is 0 Å².